The van der Waals surface area contributed by atoms with Crippen LogP contribution < -0.4 is 10.6 Å². The number of carbonyl (C=O) groups is 2. The molecule has 3 aromatic carbocycles. The van der Waals surface area contributed by atoms with E-state index in [1.54, 1.807) is 13.8 Å². The Morgan fingerprint density at radius 1 is 0.810 bits per heavy atom. The molecule has 0 aliphatic heterocycles. The first kappa shape index (κ1) is 39.6. The quantitative estimate of drug-likeness (QED) is 0.147. The summed E-state index contributed by atoms with van der Waals surface area (Å²) >= 11 is 9.90. The first-order chi connectivity index (χ1) is 19.7. The minimum Gasteiger partial charge on any atom is -0.466 e. The lowest BCUT2D eigenvalue weighted by Gasteiger charge is -2.11. The van der Waals surface area contributed by atoms with Crippen LogP contribution in [0.2, 0.25) is 0 Å². The van der Waals surface area contributed by atoms with Crippen LogP contribution in [-0.2, 0) is 25.5 Å². The molecule has 0 aromatic heterocycles. The summed E-state index contributed by atoms with van der Waals surface area (Å²) in [5.74, 6) is -0.406. The molecule has 42 heavy (non-hydrogen) atoms. The number of carbonyl (C=O) groups excluding carboxylic acids is 2. The Hall–Kier alpha value is -2.36. The Balaban J connectivity index is 0.000000560. The molecule has 0 bridgehead atoms. The number of aryl methyl sites for hydroxylation is 2. The molecule has 3 rings (SSSR count). The second-order valence-corrected chi connectivity index (χ2v) is 12.6. The second-order valence-electron chi connectivity index (χ2n) is 9.55. The lowest BCUT2D eigenvalue weighted by Crippen LogP contribution is -2.16. The number of hydrogen-bond donors (Lipinski definition) is 1. The van der Waals surface area contributed by atoms with E-state index in [1.807, 2.05) is 90.3 Å². The fraction of sp³-hybridized carbons (Fsp3) is 0.394. The standard InChI is InChI=1S/C13H17BrO2.C8H11N.C7H8BrN.C5H9BrO2/c1-4-16-13(15)10(3)8-11-5-6-12(14)9(2)7-11;1-9(2)8-6-4-3-5-7-8;1-5-4-6(9)2-3-7(5)8;1-3-8-5(7)4(2)6/h5-7,10H,4,8H2,1-3H3;3-7H,1-2H3;2-4H,9H2,1H3;4H,3H2,1-2H3. The average Bonchev–Trinajstić information content (AvgIpc) is 2.94. The second kappa shape index (κ2) is 22.2. The molecule has 2 N–H and O–H groups in total. The van der Waals surface area contributed by atoms with E-state index in [0.29, 0.717) is 13.2 Å². The van der Waals surface area contributed by atoms with E-state index in [4.69, 9.17) is 10.5 Å². The van der Waals surface area contributed by atoms with Crippen molar-refractivity contribution < 1.29 is 19.1 Å². The van der Waals surface area contributed by atoms with Gasteiger partial charge in [-0.2, -0.15) is 0 Å². The number of anilines is 2. The maximum atomic E-state index is 11.5. The Morgan fingerprint density at radius 3 is 1.69 bits per heavy atom. The van der Waals surface area contributed by atoms with Crippen molar-refractivity contribution in [1.82, 2.24) is 0 Å². The number of alkyl halides is 1. The zero-order valence-corrected chi connectivity index (χ0v) is 30.7. The third-order valence-electron chi connectivity index (χ3n) is 5.52. The third kappa shape index (κ3) is 17.6. The Labute approximate surface area is 277 Å². The van der Waals surface area contributed by atoms with Crippen molar-refractivity contribution in [3.63, 3.8) is 0 Å². The van der Waals surface area contributed by atoms with E-state index in [0.717, 1.165) is 21.1 Å². The zero-order chi connectivity index (χ0) is 32.2. The summed E-state index contributed by atoms with van der Waals surface area (Å²) in [5, 5.41) is 0. The van der Waals surface area contributed by atoms with Crippen LogP contribution in [0.15, 0.2) is 75.7 Å². The number of esters is 2. The maximum absolute atomic E-state index is 11.5. The topological polar surface area (TPSA) is 81.9 Å². The number of nitrogens with zero attached hydrogens (tertiary/aromatic N) is 1. The van der Waals surface area contributed by atoms with Crippen molar-refractivity contribution in [2.75, 3.05) is 37.9 Å². The smallest absolute Gasteiger partial charge is 0.319 e. The molecule has 0 fully saturated rings. The fourth-order valence-electron chi connectivity index (χ4n) is 3.21. The van der Waals surface area contributed by atoms with Crippen LogP contribution in [0.5, 0.6) is 0 Å². The highest BCUT2D eigenvalue weighted by atomic mass is 79.9. The van der Waals surface area contributed by atoms with Crippen molar-refractivity contribution in [1.29, 1.82) is 0 Å². The van der Waals surface area contributed by atoms with Gasteiger partial charge >= 0.3 is 11.9 Å². The number of ether oxygens (including phenoxy) is 2. The lowest BCUT2D eigenvalue weighted by atomic mass is 10.00. The molecule has 0 spiro atoms. The number of para-hydroxylation sites is 1. The molecular formula is C33H45Br3N2O4. The van der Waals surface area contributed by atoms with Gasteiger partial charge in [-0.1, -0.05) is 85.0 Å². The number of halogens is 3. The molecule has 2 unspecified atom stereocenters. The van der Waals surface area contributed by atoms with Gasteiger partial charge in [-0.25, -0.2) is 0 Å². The fourth-order valence-corrected chi connectivity index (χ4v) is 3.83. The zero-order valence-electron chi connectivity index (χ0n) is 25.9. The summed E-state index contributed by atoms with van der Waals surface area (Å²) in [4.78, 5) is 23.8. The maximum Gasteiger partial charge on any atom is 0.319 e. The molecule has 0 heterocycles. The van der Waals surface area contributed by atoms with Crippen LogP contribution in [0.4, 0.5) is 11.4 Å². The van der Waals surface area contributed by atoms with Crippen molar-refractivity contribution in [3.8, 4) is 0 Å². The molecule has 0 amide bonds. The van der Waals surface area contributed by atoms with Gasteiger partial charge in [0, 0.05) is 34.4 Å². The molecule has 0 aliphatic rings. The molecule has 0 saturated carbocycles. The highest BCUT2D eigenvalue weighted by molar-refractivity contribution is 9.11. The first-order valence-electron chi connectivity index (χ1n) is 13.7. The summed E-state index contributed by atoms with van der Waals surface area (Å²) < 4.78 is 11.8. The van der Waals surface area contributed by atoms with E-state index in [9.17, 15) is 9.59 Å². The van der Waals surface area contributed by atoms with E-state index >= 15 is 0 Å². The normalized spacial score (nSPS) is 11.1. The molecule has 0 aliphatic carbocycles. The van der Waals surface area contributed by atoms with Crippen LogP contribution in [-0.4, -0.2) is 44.1 Å². The van der Waals surface area contributed by atoms with Gasteiger partial charge in [0.25, 0.3) is 0 Å². The Morgan fingerprint density at radius 2 is 1.31 bits per heavy atom. The van der Waals surface area contributed by atoms with Gasteiger partial charge in [0.05, 0.1) is 19.1 Å². The molecule has 232 valence electrons. The third-order valence-corrected chi connectivity index (χ3v) is 7.67. The number of benzene rings is 3. The highest BCUT2D eigenvalue weighted by Gasteiger charge is 2.14. The number of nitrogens with two attached hydrogens (primary N) is 1. The van der Waals surface area contributed by atoms with Crippen molar-refractivity contribution in [3.05, 3.63) is 92.4 Å². The number of nitrogen functional groups attached to an aromatic ring is 1. The van der Waals surface area contributed by atoms with Gasteiger partial charge in [0.1, 0.15) is 4.83 Å². The van der Waals surface area contributed by atoms with E-state index in [1.165, 1.54) is 22.4 Å². The van der Waals surface area contributed by atoms with Crippen LogP contribution in [0.3, 0.4) is 0 Å². The van der Waals surface area contributed by atoms with Gasteiger partial charge in [-0.15, -0.1) is 0 Å². The highest BCUT2D eigenvalue weighted by Crippen LogP contribution is 2.20. The summed E-state index contributed by atoms with van der Waals surface area (Å²) in [6.07, 6.45) is 0.729. The SMILES string of the molecule is CCOC(=O)C(C)Br.CCOC(=O)C(C)Cc1ccc(Br)c(C)c1.CN(C)c1ccccc1.Cc1cc(N)ccc1Br. The van der Waals surface area contributed by atoms with Crippen LogP contribution in [0, 0.1) is 19.8 Å². The van der Waals surface area contributed by atoms with Crippen molar-refractivity contribution >= 4 is 71.1 Å². The minimum absolute atomic E-state index is 0.0828. The largest absolute Gasteiger partial charge is 0.466 e. The Kier molecular flexibility index (Phi) is 21.0. The molecule has 6 nitrogen and oxygen atoms in total. The summed E-state index contributed by atoms with van der Waals surface area (Å²) in [6.45, 7) is 12.2. The van der Waals surface area contributed by atoms with Gasteiger partial charge in [-0.3, -0.25) is 9.59 Å². The first-order valence-corrected chi connectivity index (χ1v) is 16.2. The van der Waals surface area contributed by atoms with E-state index in [2.05, 4.69) is 75.6 Å². The summed E-state index contributed by atoms with van der Waals surface area (Å²) in [6, 6.07) is 22.2. The minimum atomic E-state index is -0.201. The summed E-state index contributed by atoms with van der Waals surface area (Å²) in [7, 11) is 4.07. The van der Waals surface area contributed by atoms with Crippen LogP contribution >= 0.6 is 47.8 Å². The molecule has 3 aromatic rings. The molecular weight excluding hydrogens is 728 g/mol. The molecule has 9 heteroatoms. The van der Waals surface area contributed by atoms with E-state index < -0.39 is 0 Å². The average molecular weight is 773 g/mol. The monoisotopic (exact) mass is 770 g/mol. The Bertz CT molecular complexity index is 1210. The summed E-state index contributed by atoms with van der Waals surface area (Å²) in [5.41, 5.74) is 11.1. The van der Waals surface area contributed by atoms with Crippen LogP contribution in [0.1, 0.15) is 44.4 Å². The van der Waals surface area contributed by atoms with Crippen molar-refractivity contribution in [2.24, 2.45) is 5.92 Å². The van der Waals surface area contributed by atoms with Gasteiger partial charge < -0.3 is 20.1 Å². The molecule has 2 atom stereocenters. The van der Waals surface area contributed by atoms with Crippen LogP contribution in [0.25, 0.3) is 0 Å². The van der Waals surface area contributed by atoms with E-state index in [-0.39, 0.29) is 22.7 Å². The van der Waals surface area contributed by atoms with Crippen molar-refractivity contribution in [2.45, 2.75) is 52.8 Å². The predicted octanol–water partition coefficient (Wildman–Crippen LogP) is 8.92. The lowest BCUT2D eigenvalue weighted by molar-refractivity contribution is -0.147. The molecule has 0 radical (unpaired) electrons. The van der Waals surface area contributed by atoms with Gasteiger partial charge in [0.15, 0.2) is 0 Å². The number of hydrogen-bond acceptors (Lipinski definition) is 6. The molecule has 0 saturated heterocycles. The van der Waals surface area contributed by atoms with Gasteiger partial charge in [0.2, 0.25) is 0 Å². The predicted molar refractivity (Wildman–Crippen MR) is 187 cm³/mol. The number of rotatable bonds is 7. The van der Waals surface area contributed by atoms with Gasteiger partial charge in [-0.05, 0) is 94.1 Å².